The van der Waals surface area contributed by atoms with Crippen LogP contribution in [0.2, 0.25) is 0 Å². The van der Waals surface area contributed by atoms with Gasteiger partial charge in [-0.15, -0.1) is 0 Å². The predicted octanol–water partition coefficient (Wildman–Crippen LogP) is 3.62. The summed E-state index contributed by atoms with van der Waals surface area (Å²) in [6.07, 6.45) is 7.65. The second-order valence-corrected chi connectivity index (χ2v) is 10.6. The van der Waals surface area contributed by atoms with Crippen molar-refractivity contribution in [1.29, 1.82) is 0 Å². The molecule has 0 amide bonds. The minimum atomic E-state index is 0.248. The lowest BCUT2D eigenvalue weighted by molar-refractivity contribution is 0.106. The average Bonchev–Trinajstić information content (AvgIpc) is 3.23. The molecule has 1 aromatic rings. The maximum Gasteiger partial charge on any atom is 0.133 e. The van der Waals surface area contributed by atoms with Crippen molar-refractivity contribution >= 4 is 5.82 Å². The summed E-state index contributed by atoms with van der Waals surface area (Å²) in [6, 6.07) is 0. The molecular weight excluding hydrogens is 346 g/mol. The molecule has 5 nitrogen and oxygen atoms in total. The van der Waals surface area contributed by atoms with E-state index in [0.717, 1.165) is 31.2 Å². The summed E-state index contributed by atoms with van der Waals surface area (Å²) in [5.41, 5.74) is 3.37. The molecule has 2 saturated heterocycles. The first kappa shape index (κ1) is 20.1. The number of nitrogens with zero attached hydrogens (tertiary/aromatic N) is 4. The van der Waals surface area contributed by atoms with Crippen LogP contribution in [0.3, 0.4) is 0 Å². The van der Waals surface area contributed by atoms with Gasteiger partial charge in [-0.2, -0.15) is 0 Å². The molecule has 5 heteroatoms. The first-order valence-corrected chi connectivity index (χ1v) is 11.4. The highest BCUT2D eigenvalue weighted by atomic mass is 15.2. The number of piperidine rings is 1. The maximum atomic E-state index is 5.02. The van der Waals surface area contributed by atoms with Crippen LogP contribution in [0, 0.1) is 12.3 Å². The van der Waals surface area contributed by atoms with E-state index in [0.29, 0.717) is 5.41 Å². The van der Waals surface area contributed by atoms with Crippen LogP contribution in [0.4, 0.5) is 5.82 Å². The lowest BCUT2D eigenvalue weighted by Gasteiger charge is -2.42. The van der Waals surface area contributed by atoms with Crippen molar-refractivity contribution in [2.45, 2.75) is 71.6 Å². The van der Waals surface area contributed by atoms with E-state index in [4.69, 9.17) is 9.97 Å². The van der Waals surface area contributed by atoms with Crippen molar-refractivity contribution in [3.05, 3.63) is 17.1 Å². The van der Waals surface area contributed by atoms with E-state index >= 15 is 0 Å². The van der Waals surface area contributed by atoms with E-state index in [-0.39, 0.29) is 5.41 Å². The minimum absolute atomic E-state index is 0.248. The number of likely N-dealkylation sites (tertiary alicyclic amines) is 2. The molecule has 1 spiro atoms. The van der Waals surface area contributed by atoms with Crippen molar-refractivity contribution in [3.63, 3.8) is 0 Å². The highest BCUT2D eigenvalue weighted by molar-refractivity contribution is 5.52. The lowest BCUT2D eigenvalue weighted by atomic mass is 9.77. The van der Waals surface area contributed by atoms with Crippen molar-refractivity contribution in [1.82, 2.24) is 19.8 Å². The average molecular weight is 386 g/mol. The Hall–Kier alpha value is -1.20. The van der Waals surface area contributed by atoms with Gasteiger partial charge >= 0.3 is 0 Å². The van der Waals surface area contributed by atoms with Gasteiger partial charge in [-0.25, -0.2) is 9.97 Å². The zero-order valence-corrected chi connectivity index (χ0v) is 18.5. The van der Waals surface area contributed by atoms with Crippen molar-refractivity contribution in [3.8, 4) is 0 Å². The molecule has 1 unspecified atom stereocenters. The Bertz CT molecular complexity index is 689. The summed E-state index contributed by atoms with van der Waals surface area (Å²) in [5, 5.41) is 3.68. The number of aromatic nitrogens is 2. The summed E-state index contributed by atoms with van der Waals surface area (Å²) in [4.78, 5) is 15.1. The zero-order valence-electron chi connectivity index (χ0n) is 18.5. The first-order chi connectivity index (χ1) is 13.3. The van der Waals surface area contributed by atoms with E-state index in [1.54, 1.807) is 0 Å². The first-order valence-electron chi connectivity index (χ1n) is 11.4. The Balaban J connectivity index is 1.50. The fourth-order valence-electron chi connectivity index (χ4n) is 5.67. The Kier molecular flexibility index (Phi) is 5.67. The topological polar surface area (TPSA) is 44.3 Å². The molecule has 1 atom stereocenters. The van der Waals surface area contributed by atoms with Crippen LogP contribution in [0.15, 0.2) is 0 Å². The van der Waals surface area contributed by atoms with Crippen LogP contribution in [-0.2, 0) is 11.8 Å². The SMILES string of the molecule is Cc1nc(NCCN2CCCC2)c2c(n1)C1(CCCN(CC(C)(C)C)C1)CC2. The predicted molar refractivity (Wildman–Crippen MR) is 116 cm³/mol. The van der Waals surface area contributed by atoms with E-state index in [9.17, 15) is 0 Å². The van der Waals surface area contributed by atoms with Crippen LogP contribution in [0.1, 0.15) is 70.0 Å². The Labute approximate surface area is 171 Å². The molecular formula is C23H39N5. The molecule has 0 saturated carbocycles. The highest BCUT2D eigenvalue weighted by Gasteiger charge is 2.45. The van der Waals surface area contributed by atoms with Gasteiger partial charge in [-0.05, 0) is 70.5 Å². The van der Waals surface area contributed by atoms with Gasteiger partial charge < -0.3 is 15.1 Å². The third kappa shape index (κ3) is 4.35. The summed E-state index contributed by atoms with van der Waals surface area (Å²) < 4.78 is 0. The van der Waals surface area contributed by atoms with Gasteiger partial charge in [0, 0.05) is 37.2 Å². The molecule has 156 valence electrons. The fraction of sp³-hybridized carbons (Fsp3) is 0.826. The van der Waals surface area contributed by atoms with Gasteiger partial charge in [0.05, 0.1) is 5.69 Å². The molecule has 1 N–H and O–H groups in total. The van der Waals surface area contributed by atoms with Gasteiger partial charge in [0.2, 0.25) is 0 Å². The number of hydrogen-bond acceptors (Lipinski definition) is 5. The van der Waals surface area contributed by atoms with Crippen molar-refractivity contribution in [2.24, 2.45) is 5.41 Å². The summed E-state index contributed by atoms with van der Waals surface area (Å²) >= 11 is 0. The molecule has 2 aliphatic heterocycles. The standard InChI is InChI=1S/C23H39N5/c1-18-25-20-19(21(26-18)24-11-15-27-12-5-6-13-27)8-10-23(20)9-7-14-28(17-23)16-22(2,3)4/h5-17H2,1-4H3,(H,24,25,26). The van der Waals surface area contributed by atoms with E-state index in [1.165, 1.54) is 76.1 Å². The number of rotatable bonds is 5. The second-order valence-electron chi connectivity index (χ2n) is 10.6. The van der Waals surface area contributed by atoms with Crippen molar-refractivity contribution in [2.75, 3.05) is 51.1 Å². The number of anilines is 1. The summed E-state index contributed by atoms with van der Waals surface area (Å²) in [5.74, 6) is 2.04. The van der Waals surface area contributed by atoms with Crippen LogP contribution in [-0.4, -0.2) is 65.6 Å². The molecule has 0 radical (unpaired) electrons. The number of aryl methyl sites for hydroxylation is 1. The fourth-order valence-corrected chi connectivity index (χ4v) is 5.67. The molecule has 28 heavy (non-hydrogen) atoms. The molecule has 3 aliphatic rings. The molecule has 2 fully saturated rings. The third-order valence-electron chi connectivity index (χ3n) is 6.75. The second kappa shape index (κ2) is 7.91. The Morgan fingerprint density at radius 2 is 1.75 bits per heavy atom. The molecule has 3 heterocycles. The van der Waals surface area contributed by atoms with Gasteiger partial charge in [-0.1, -0.05) is 20.8 Å². The third-order valence-corrected chi connectivity index (χ3v) is 6.75. The largest absolute Gasteiger partial charge is 0.368 e. The van der Waals surface area contributed by atoms with Gasteiger partial charge in [-0.3, -0.25) is 0 Å². The van der Waals surface area contributed by atoms with E-state index < -0.39 is 0 Å². The zero-order chi connectivity index (χ0) is 19.8. The number of fused-ring (bicyclic) bond motifs is 2. The maximum absolute atomic E-state index is 5.02. The summed E-state index contributed by atoms with van der Waals surface area (Å²) in [7, 11) is 0. The van der Waals surface area contributed by atoms with Gasteiger partial charge in [0.15, 0.2) is 0 Å². The quantitative estimate of drug-likeness (QED) is 0.839. The highest BCUT2D eigenvalue weighted by Crippen LogP contribution is 2.46. The number of nitrogens with one attached hydrogen (secondary N) is 1. The molecule has 4 rings (SSSR count). The van der Waals surface area contributed by atoms with Gasteiger partial charge in [0.25, 0.3) is 0 Å². The van der Waals surface area contributed by atoms with Crippen LogP contribution in [0.25, 0.3) is 0 Å². The van der Waals surface area contributed by atoms with Crippen molar-refractivity contribution < 1.29 is 0 Å². The molecule has 0 aromatic carbocycles. The monoisotopic (exact) mass is 385 g/mol. The Morgan fingerprint density at radius 1 is 1.00 bits per heavy atom. The summed E-state index contributed by atoms with van der Waals surface area (Å²) in [6.45, 7) is 17.3. The minimum Gasteiger partial charge on any atom is -0.368 e. The smallest absolute Gasteiger partial charge is 0.133 e. The molecule has 1 aromatic heterocycles. The Morgan fingerprint density at radius 3 is 2.50 bits per heavy atom. The van der Waals surface area contributed by atoms with Crippen LogP contribution < -0.4 is 5.32 Å². The normalized spacial score (nSPS) is 26.1. The van der Waals surface area contributed by atoms with Gasteiger partial charge in [0.1, 0.15) is 11.6 Å². The van der Waals surface area contributed by atoms with Crippen LogP contribution >= 0.6 is 0 Å². The van der Waals surface area contributed by atoms with Crippen LogP contribution in [0.5, 0.6) is 0 Å². The lowest BCUT2D eigenvalue weighted by Crippen LogP contribution is -2.48. The number of hydrogen-bond donors (Lipinski definition) is 1. The van der Waals surface area contributed by atoms with E-state index in [2.05, 4.69) is 42.8 Å². The molecule has 0 bridgehead atoms. The molecule has 1 aliphatic carbocycles. The van der Waals surface area contributed by atoms with E-state index in [1.807, 2.05) is 0 Å².